The first-order valence-electron chi connectivity index (χ1n) is 8.65. The van der Waals surface area contributed by atoms with Crippen LogP contribution in [0.4, 0.5) is 0 Å². The predicted molar refractivity (Wildman–Crippen MR) is 95.8 cm³/mol. The highest BCUT2D eigenvalue weighted by Crippen LogP contribution is 2.25. The van der Waals surface area contributed by atoms with Crippen molar-refractivity contribution in [3.05, 3.63) is 45.8 Å². The van der Waals surface area contributed by atoms with Gasteiger partial charge in [0.15, 0.2) is 0 Å². The molecule has 2 aromatic rings. The molecule has 0 saturated carbocycles. The summed E-state index contributed by atoms with van der Waals surface area (Å²) in [7, 11) is 0. The van der Waals surface area contributed by atoms with Crippen molar-refractivity contribution < 1.29 is 9.90 Å². The number of rotatable bonds is 3. The minimum Gasteiger partial charge on any atom is -0.478 e. The third-order valence-electron chi connectivity index (χ3n) is 4.82. The molecule has 6 heteroatoms. The Kier molecular flexibility index (Phi) is 4.41. The van der Waals surface area contributed by atoms with Gasteiger partial charge in [0.25, 0.3) is 0 Å². The van der Waals surface area contributed by atoms with Gasteiger partial charge in [0, 0.05) is 60.3 Å². The van der Waals surface area contributed by atoms with Gasteiger partial charge in [0.2, 0.25) is 0 Å². The molecule has 2 N–H and O–H groups in total. The van der Waals surface area contributed by atoms with Gasteiger partial charge in [-0.15, -0.1) is 0 Å². The van der Waals surface area contributed by atoms with Crippen LogP contribution in [0.1, 0.15) is 65.2 Å². The van der Waals surface area contributed by atoms with Gasteiger partial charge >= 0.3 is 5.97 Å². The summed E-state index contributed by atoms with van der Waals surface area (Å²) in [6, 6.07) is 0. The standard InChI is InChI=1S/C19H26N4O2/c1-11-15(21-12(2)16(11)17(24)25)10-23-7-6-14-13(9-23)8-20-18(22-14)19(3,4)5/h8,21H,6-7,9-10H2,1-5H3,(H,24,25). The normalized spacial score (nSPS) is 15.2. The fourth-order valence-electron chi connectivity index (χ4n) is 3.39. The van der Waals surface area contributed by atoms with Crippen molar-refractivity contribution in [2.24, 2.45) is 0 Å². The van der Waals surface area contributed by atoms with Crippen molar-refractivity contribution in [2.45, 2.75) is 59.5 Å². The van der Waals surface area contributed by atoms with E-state index in [2.05, 4.69) is 35.6 Å². The minimum absolute atomic E-state index is 0.0434. The Morgan fingerprint density at radius 3 is 2.68 bits per heavy atom. The second-order valence-electron chi connectivity index (χ2n) is 7.91. The van der Waals surface area contributed by atoms with E-state index in [4.69, 9.17) is 4.98 Å². The molecule has 0 fully saturated rings. The van der Waals surface area contributed by atoms with E-state index >= 15 is 0 Å². The van der Waals surface area contributed by atoms with Crippen LogP contribution in [0, 0.1) is 13.8 Å². The SMILES string of the molecule is Cc1[nH]c(CN2CCc3nc(C(C)(C)C)ncc3C2)c(C)c1C(=O)O. The van der Waals surface area contributed by atoms with Gasteiger partial charge in [-0.25, -0.2) is 14.8 Å². The third-order valence-corrected chi connectivity index (χ3v) is 4.82. The van der Waals surface area contributed by atoms with Crippen molar-refractivity contribution in [2.75, 3.05) is 6.54 Å². The number of carboxylic acids is 1. The number of nitrogens with one attached hydrogen (secondary N) is 1. The Balaban J connectivity index is 1.78. The summed E-state index contributed by atoms with van der Waals surface area (Å²) in [5, 5.41) is 9.34. The lowest BCUT2D eigenvalue weighted by Crippen LogP contribution is -2.32. The van der Waals surface area contributed by atoms with Crippen molar-refractivity contribution in [1.82, 2.24) is 19.9 Å². The summed E-state index contributed by atoms with van der Waals surface area (Å²) in [6.45, 7) is 12.5. The van der Waals surface area contributed by atoms with Crippen molar-refractivity contribution in [1.29, 1.82) is 0 Å². The number of aryl methyl sites for hydroxylation is 1. The van der Waals surface area contributed by atoms with Crippen LogP contribution in [0.5, 0.6) is 0 Å². The van der Waals surface area contributed by atoms with E-state index in [1.165, 1.54) is 5.56 Å². The van der Waals surface area contributed by atoms with Crippen LogP contribution in [0.3, 0.4) is 0 Å². The molecule has 0 aromatic carbocycles. The summed E-state index contributed by atoms with van der Waals surface area (Å²) in [5.74, 6) is 0.0197. The van der Waals surface area contributed by atoms with Crippen LogP contribution >= 0.6 is 0 Å². The molecule has 3 heterocycles. The zero-order chi connectivity index (χ0) is 18.4. The highest BCUT2D eigenvalue weighted by molar-refractivity contribution is 5.91. The maximum Gasteiger partial charge on any atom is 0.337 e. The summed E-state index contributed by atoms with van der Waals surface area (Å²) in [5.41, 5.74) is 5.18. The Morgan fingerprint density at radius 1 is 1.36 bits per heavy atom. The van der Waals surface area contributed by atoms with E-state index in [0.29, 0.717) is 12.1 Å². The van der Waals surface area contributed by atoms with Gasteiger partial charge in [-0.05, 0) is 19.4 Å². The first kappa shape index (κ1) is 17.6. The molecular formula is C19H26N4O2. The van der Waals surface area contributed by atoms with E-state index in [1.54, 1.807) is 0 Å². The Labute approximate surface area is 148 Å². The maximum atomic E-state index is 11.4. The number of hydrogen-bond donors (Lipinski definition) is 2. The first-order valence-corrected chi connectivity index (χ1v) is 8.65. The average molecular weight is 342 g/mol. The summed E-state index contributed by atoms with van der Waals surface area (Å²) >= 11 is 0. The van der Waals surface area contributed by atoms with Crippen LogP contribution < -0.4 is 0 Å². The molecule has 0 saturated heterocycles. The highest BCUT2D eigenvalue weighted by atomic mass is 16.4. The van der Waals surface area contributed by atoms with E-state index < -0.39 is 5.97 Å². The van der Waals surface area contributed by atoms with Crippen LogP contribution in [-0.2, 0) is 24.9 Å². The van der Waals surface area contributed by atoms with Gasteiger partial charge < -0.3 is 10.1 Å². The molecule has 25 heavy (non-hydrogen) atoms. The van der Waals surface area contributed by atoms with E-state index in [0.717, 1.165) is 48.0 Å². The van der Waals surface area contributed by atoms with Gasteiger partial charge in [0.1, 0.15) is 5.82 Å². The second-order valence-corrected chi connectivity index (χ2v) is 7.91. The lowest BCUT2D eigenvalue weighted by molar-refractivity contribution is 0.0695. The van der Waals surface area contributed by atoms with Crippen LogP contribution in [-0.4, -0.2) is 37.5 Å². The smallest absolute Gasteiger partial charge is 0.337 e. The molecule has 134 valence electrons. The van der Waals surface area contributed by atoms with Gasteiger partial charge in [0.05, 0.1) is 5.56 Å². The van der Waals surface area contributed by atoms with Crippen molar-refractivity contribution in [3.63, 3.8) is 0 Å². The highest BCUT2D eigenvalue weighted by Gasteiger charge is 2.24. The van der Waals surface area contributed by atoms with Gasteiger partial charge in [-0.2, -0.15) is 0 Å². The monoisotopic (exact) mass is 342 g/mol. The molecule has 0 unspecified atom stereocenters. The average Bonchev–Trinajstić information content (AvgIpc) is 2.79. The molecule has 0 radical (unpaired) electrons. The summed E-state index contributed by atoms with van der Waals surface area (Å²) in [4.78, 5) is 26.2. The molecular weight excluding hydrogens is 316 g/mol. The topological polar surface area (TPSA) is 82.1 Å². The molecule has 0 atom stereocenters. The number of aromatic amines is 1. The lowest BCUT2D eigenvalue weighted by Gasteiger charge is -2.29. The fraction of sp³-hybridized carbons (Fsp3) is 0.526. The first-order chi connectivity index (χ1) is 11.7. The maximum absolute atomic E-state index is 11.4. The van der Waals surface area contributed by atoms with Gasteiger partial charge in [-0.1, -0.05) is 20.8 Å². The molecule has 1 aliphatic rings. The molecule has 1 aliphatic heterocycles. The number of carbonyl (C=O) groups is 1. The van der Waals surface area contributed by atoms with Crippen LogP contribution in [0.25, 0.3) is 0 Å². The van der Waals surface area contributed by atoms with Crippen LogP contribution in [0.15, 0.2) is 6.20 Å². The molecule has 0 aliphatic carbocycles. The molecule has 3 rings (SSSR count). The minimum atomic E-state index is -0.871. The Morgan fingerprint density at radius 2 is 2.08 bits per heavy atom. The summed E-state index contributed by atoms with van der Waals surface area (Å²) in [6.07, 6.45) is 2.84. The number of hydrogen-bond acceptors (Lipinski definition) is 4. The molecule has 2 aromatic heterocycles. The predicted octanol–water partition coefficient (Wildman–Crippen LogP) is 2.98. The van der Waals surface area contributed by atoms with E-state index in [9.17, 15) is 9.90 Å². The summed E-state index contributed by atoms with van der Waals surface area (Å²) < 4.78 is 0. The van der Waals surface area contributed by atoms with E-state index in [-0.39, 0.29) is 5.41 Å². The zero-order valence-corrected chi connectivity index (χ0v) is 15.6. The number of aromatic nitrogens is 3. The molecule has 6 nitrogen and oxygen atoms in total. The van der Waals surface area contributed by atoms with Crippen LogP contribution in [0.2, 0.25) is 0 Å². The number of aromatic carboxylic acids is 1. The quantitative estimate of drug-likeness (QED) is 0.896. The van der Waals surface area contributed by atoms with Crippen molar-refractivity contribution in [3.8, 4) is 0 Å². The lowest BCUT2D eigenvalue weighted by atomic mass is 9.95. The number of carboxylic acid groups (broad SMARTS) is 1. The molecule has 0 bridgehead atoms. The third kappa shape index (κ3) is 3.44. The van der Waals surface area contributed by atoms with E-state index in [1.807, 2.05) is 20.0 Å². The Bertz CT molecular complexity index is 818. The number of fused-ring (bicyclic) bond motifs is 1. The molecule has 0 amide bonds. The molecule has 0 spiro atoms. The second kappa shape index (κ2) is 6.26. The zero-order valence-electron chi connectivity index (χ0n) is 15.6. The number of H-pyrrole nitrogens is 1. The number of nitrogens with zero attached hydrogens (tertiary/aromatic N) is 3. The largest absolute Gasteiger partial charge is 0.478 e. The Hall–Kier alpha value is -2.21. The van der Waals surface area contributed by atoms with Gasteiger partial charge in [-0.3, -0.25) is 4.90 Å². The fourth-order valence-corrected chi connectivity index (χ4v) is 3.39. The van der Waals surface area contributed by atoms with Crippen molar-refractivity contribution >= 4 is 5.97 Å².